The van der Waals surface area contributed by atoms with Crippen molar-refractivity contribution in [1.29, 1.82) is 0 Å². The van der Waals surface area contributed by atoms with Gasteiger partial charge < -0.3 is 15.4 Å². The fraction of sp³-hybridized carbons (Fsp3) is 0.588. The molecule has 1 saturated carbocycles. The largest absolute Gasteiger partial charge is 0.490 e. The minimum Gasteiger partial charge on any atom is -0.490 e. The van der Waals surface area contributed by atoms with Crippen molar-refractivity contribution in [2.45, 2.75) is 50.7 Å². The van der Waals surface area contributed by atoms with E-state index in [0.29, 0.717) is 16.3 Å². The first kappa shape index (κ1) is 15.6. The summed E-state index contributed by atoms with van der Waals surface area (Å²) >= 11 is 6.07. The fourth-order valence-electron chi connectivity index (χ4n) is 3.20. The molecule has 1 aliphatic heterocycles. The van der Waals surface area contributed by atoms with Crippen LogP contribution in [-0.2, 0) is 0 Å². The summed E-state index contributed by atoms with van der Waals surface area (Å²) in [5.74, 6) is 0.574. The molecular formula is C17H23ClN2O2. The number of hydrogen-bond donors (Lipinski definition) is 2. The highest BCUT2D eigenvalue weighted by Crippen LogP contribution is 2.28. The fourth-order valence-corrected chi connectivity index (χ4v) is 3.37. The minimum absolute atomic E-state index is 0.0811. The molecule has 3 rings (SSSR count). The molecular weight excluding hydrogens is 300 g/mol. The molecule has 120 valence electrons. The first-order chi connectivity index (χ1) is 10.7. The van der Waals surface area contributed by atoms with Crippen molar-refractivity contribution in [2.24, 2.45) is 0 Å². The summed E-state index contributed by atoms with van der Waals surface area (Å²) in [6.07, 6.45) is 6.70. The molecule has 2 fully saturated rings. The van der Waals surface area contributed by atoms with Crippen molar-refractivity contribution < 1.29 is 9.53 Å². The molecule has 1 aromatic rings. The van der Waals surface area contributed by atoms with Gasteiger partial charge in [0.05, 0.1) is 11.7 Å². The quantitative estimate of drug-likeness (QED) is 0.895. The molecule has 1 saturated heterocycles. The molecule has 1 heterocycles. The standard InChI is InChI=1S/C17H23ClN2O2/c18-12-5-6-16(22-14-3-1-2-4-14)15(11-12)17(21)20-13-7-9-19-10-8-13/h5-6,11,13-14,19H,1-4,7-10H2,(H,20,21). The van der Waals surface area contributed by atoms with Gasteiger partial charge in [-0.05, 0) is 69.8 Å². The second-order valence-corrected chi connectivity index (χ2v) is 6.60. The number of ether oxygens (including phenoxy) is 1. The summed E-state index contributed by atoms with van der Waals surface area (Å²) in [6, 6.07) is 5.54. The Bertz CT molecular complexity index is 523. The molecule has 22 heavy (non-hydrogen) atoms. The van der Waals surface area contributed by atoms with Crippen molar-refractivity contribution in [3.63, 3.8) is 0 Å². The Kier molecular flexibility index (Phi) is 5.21. The van der Waals surface area contributed by atoms with E-state index < -0.39 is 0 Å². The highest BCUT2D eigenvalue weighted by molar-refractivity contribution is 6.31. The highest BCUT2D eigenvalue weighted by Gasteiger charge is 2.22. The second-order valence-electron chi connectivity index (χ2n) is 6.16. The van der Waals surface area contributed by atoms with E-state index in [0.717, 1.165) is 38.8 Å². The lowest BCUT2D eigenvalue weighted by atomic mass is 10.1. The molecule has 0 radical (unpaired) electrons. The predicted molar refractivity (Wildman–Crippen MR) is 87.7 cm³/mol. The van der Waals surface area contributed by atoms with Gasteiger partial charge in [-0.3, -0.25) is 4.79 Å². The SMILES string of the molecule is O=C(NC1CCNCC1)c1cc(Cl)ccc1OC1CCCC1. The van der Waals surface area contributed by atoms with E-state index in [1.165, 1.54) is 12.8 Å². The van der Waals surface area contributed by atoms with Crippen LogP contribution in [0.1, 0.15) is 48.9 Å². The molecule has 1 amide bonds. The van der Waals surface area contributed by atoms with E-state index >= 15 is 0 Å². The molecule has 0 aromatic heterocycles. The summed E-state index contributed by atoms with van der Waals surface area (Å²) in [4.78, 5) is 12.6. The number of carbonyl (C=O) groups is 1. The van der Waals surface area contributed by atoms with Crippen LogP contribution >= 0.6 is 11.6 Å². The second kappa shape index (κ2) is 7.34. The summed E-state index contributed by atoms with van der Waals surface area (Å²) < 4.78 is 6.04. The lowest BCUT2D eigenvalue weighted by Crippen LogP contribution is -2.42. The van der Waals surface area contributed by atoms with Gasteiger partial charge in [-0.15, -0.1) is 0 Å². The normalized spacial score (nSPS) is 20.0. The van der Waals surface area contributed by atoms with E-state index in [9.17, 15) is 4.79 Å². The van der Waals surface area contributed by atoms with Crippen LogP contribution in [-0.4, -0.2) is 31.1 Å². The van der Waals surface area contributed by atoms with Crippen LogP contribution in [0.3, 0.4) is 0 Å². The molecule has 4 nitrogen and oxygen atoms in total. The van der Waals surface area contributed by atoms with Crippen LogP contribution in [0.25, 0.3) is 0 Å². The maximum absolute atomic E-state index is 12.6. The number of rotatable bonds is 4. The van der Waals surface area contributed by atoms with Gasteiger partial charge in [0.2, 0.25) is 0 Å². The van der Waals surface area contributed by atoms with Crippen molar-refractivity contribution in [2.75, 3.05) is 13.1 Å². The maximum Gasteiger partial charge on any atom is 0.255 e. The van der Waals surface area contributed by atoms with Gasteiger partial charge in [0.25, 0.3) is 5.91 Å². The number of carbonyl (C=O) groups excluding carboxylic acids is 1. The van der Waals surface area contributed by atoms with Crippen molar-refractivity contribution in [3.8, 4) is 5.75 Å². The molecule has 1 aliphatic carbocycles. The van der Waals surface area contributed by atoms with E-state index in [-0.39, 0.29) is 18.1 Å². The molecule has 0 spiro atoms. The minimum atomic E-state index is -0.0811. The Morgan fingerprint density at radius 1 is 1.18 bits per heavy atom. The Hall–Kier alpha value is -1.26. The Labute approximate surface area is 136 Å². The first-order valence-corrected chi connectivity index (χ1v) is 8.58. The molecule has 0 atom stereocenters. The molecule has 2 aliphatic rings. The number of hydrogen-bond acceptors (Lipinski definition) is 3. The van der Waals surface area contributed by atoms with Crippen LogP contribution < -0.4 is 15.4 Å². The monoisotopic (exact) mass is 322 g/mol. The first-order valence-electron chi connectivity index (χ1n) is 8.20. The smallest absolute Gasteiger partial charge is 0.255 e. The van der Waals surface area contributed by atoms with Gasteiger partial charge in [0.15, 0.2) is 0 Å². The number of halogens is 1. The Morgan fingerprint density at radius 3 is 2.64 bits per heavy atom. The van der Waals surface area contributed by atoms with E-state index in [1.807, 2.05) is 6.07 Å². The van der Waals surface area contributed by atoms with Gasteiger partial charge in [-0.2, -0.15) is 0 Å². The Morgan fingerprint density at radius 2 is 1.91 bits per heavy atom. The summed E-state index contributed by atoms with van der Waals surface area (Å²) in [6.45, 7) is 1.90. The van der Waals surface area contributed by atoms with E-state index in [2.05, 4.69) is 10.6 Å². The van der Waals surface area contributed by atoms with Crippen LogP contribution in [0.4, 0.5) is 0 Å². The van der Waals surface area contributed by atoms with Crippen LogP contribution in [0, 0.1) is 0 Å². The van der Waals surface area contributed by atoms with E-state index in [4.69, 9.17) is 16.3 Å². The summed E-state index contributed by atoms with van der Waals surface area (Å²) in [5, 5.41) is 6.97. The third kappa shape index (κ3) is 3.93. The molecule has 0 bridgehead atoms. The van der Waals surface area contributed by atoms with E-state index in [1.54, 1.807) is 12.1 Å². The number of benzene rings is 1. The van der Waals surface area contributed by atoms with Gasteiger partial charge in [0, 0.05) is 11.1 Å². The van der Waals surface area contributed by atoms with Crippen molar-refractivity contribution >= 4 is 17.5 Å². The van der Waals surface area contributed by atoms with Crippen LogP contribution in [0.2, 0.25) is 5.02 Å². The number of amides is 1. The summed E-state index contributed by atoms with van der Waals surface area (Å²) in [5.41, 5.74) is 0.554. The van der Waals surface area contributed by atoms with Gasteiger partial charge in [-0.1, -0.05) is 11.6 Å². The number of piperidine rings is 1. The summed E-state index contributed by atoms with van der Waals surface area (Å²) in [7, 11) is 0. The predicted octanol–water partition coefficient (Wildman–Crippen LogP) is 3.14. The Balaban J connectivity index is 1.72. The molecule has 5 heteroatoms. The average Bonchev–Trinajstić information content (AvgIpc) is 3.03. The average molecular weight is 323 g/mol. The lowest BCUT2D eigenvalue weighted by molar-refractivity contribution is 0.0922. The molecule has 1 aromatic carbocycles. The van der Waals surface area contributed by atoms with Crippen molar-refractivity contribution in [3.05, 3.63) is 28.8 Å². The topological polar surface area (TPSA) is 50.4 Å². The van der Waals surface area contributed by atoms with Gasteiger partial charge >= 0.3 is 0 Å². The van der Waals surface area contributed by atoms with Crippen LogP contribution in [0.5, 0.6) is 5.75 Å². The van der Waals surface area contributed by atoms with Crippen LogP contribution in [0.15, 0.2) is 18.2 Å². The zero-order chi connectivity index (χ0) is 15.4. The van der Waals surface area contributed by atoms with Gasteiger partial charge in [0.1, 0.15) is 5.75 Å². The highest BCUT2D eigenvalue weighted by atomic mass is 35.5. The molecule has 2 N–H and O–H groups in total. The zero-order valence-corrected chi connectivity index (χ0v) is 13.5. The maximum atomic E-state index is 12.6. The van der Waals surface area contributed by atoms with Crippen molar-refractivity contribution in [1.82, 2.24) is 10.6 Å². The third-order valence-corrected chi connectivity index (χ3v) is 4.69. The van der Waals surface area contributed by atoms with Gasteiger partial charge in [-0.25, -0.2) is 0 Å². The third-order valence-electron chi connectivity index (χ3n) is 4.46. The number of nitrogens with one attached hydrogen (secondary N) is 2. The lowest BCUT2D eigenvalue weighted by Gasteiger charge is -2.24. The molecule has 0 unspecified atom stereocenters. The zero-order valence-electron chi connectivity index (χ0n) is 12.7.